The Balaban J connectivity index is 2.27. The van der Waals surface area contributed by atoms with Crippen molar-refractivity contribution in [1.29, 1.82) is 0 Å². The first-order valence-electron chi connectivity index (χ1n) is 4.79. The molecule has 84 valence electrons. The molecule has 2 rings (SSSR count). The molecule has 0 fully saturated rings. The van der Waals surface area contributed by atoms with Gasteiger partial charge >= 0.3 is 0 Å². The fourth-order valence-electron chi connectivity index (χ4n) is 1.41. The van der Waals surface area contributed by atoms with E-state index >= 15 is 0 Å². The molecule has 0 unspecified atom stereocenters. The minimum Gasteiger partial charge on any atom is -0.383 e. The van der Waals surface area contributed by atoms with E-state index in [1.54, 1.807) is 23.9 Å². The minimum absolute atomic E-state index is 0.196. The van der Waals surface area contributed by atoms with Crippen LogP contribution in [-0.4, -0.2) is 9.78 Å². The molecule has 0 aliphatic carbocycles. The maximum Gasteiger partial charge on any atom is 0.135 e. The lowest BCUT2D eigenvalue weighted by atomic mass is 10.1. The van der Waals surface area contributed by atoms with Crippen molar-refractivity contribution in [3.8, 4) is 0 Å². The van der Waals surface area contributed by atoms with Crippen LogP contribution in [0, 0.1) is 16.3 Å². The molecule has 1 heterocycles. The SMILES string of the molecule is Cc1ccc(Cn2ncc(I)c2N)cc1F. The summed E-state index contributed by atoms with van der Waals surface area (Å²) in [4.78, 5) is 0. The average Bonchev–Trinajstić information content (AvgIpc) is 2.55. The highest BCUT2D eigenvalue weighted by atomic mass is 127. The maximum atomic E-state index is 13.3. The third-order valence-electron chi connectivity index (χ3n) is 2.40. The van der Waals surface area contributed by atoms with Gasteiger partial charge in [0.15, 0.2) is 0 Å². The van der Waals surface area contributed by atoms with Gasteiger partial charge in [-0.15, -0.1) is 0 Å². The number of aromatic nitrogens is 2. The Morgan fingerprint density at radius 1 is 1.50 bits per heavy atom. The van der Waals surface area contributed by atoms with Crippen molar-refractivity contribution in [3.05, 3.63) is 44.9 Å². The number of benzene rings is 1. The number of aryl methyl sites for hydroxylation is 1. The molecule has 0 atom stereocenters. The molecule has 0 spiro atoms. The normalized spacial score (nSPS) is 10.7. The van der Waals surface area contributed by atoms with E-state index in [1.165, 1.54) is 6.07 Å². The third-order valence-corrected chi connectivity index (χ3v) is 3.23. The van der Waals surface area contributed by atoms with Gasteiger partial charge in [0.2, 0.25) is 0 Å². The molecule has 5 heteroatoms. The first-order chi connectivity index (χ1) is 7.58. The van der Waals surface area contributed by atoms with Crippen molar-refractivity contribution in [2.45, 2.75) is 13.5 Å². The topological polar surface area (TPSA) is 43.8 Å². The van der Waals surface area contributed by atoms with E-state index < -0.39 is 0 Å². The molecule has 2 N–H and O–H groups in total. The molecule has 0 aliphatic rings. The minimum atomic E-state index is -0.196. The highest BCUT2D eigenvalue weighted by Gasteiger charge is 2.06. The number of nitrogen functional groups attached to an aromatic ring is 1. The van der Waals surface area contributed by atoms with Crippen LogP contribution in [-0.2, 0) is 6.54 Å². The zero-order chi connectivity index (χ0) is 11.7. The van der Waals surface area contributed by atoms with Crippen LogP contribution >= 0.6 is 22.6 Å². The Labute approximate surface area is 107 Å². The number of nitrogens with two attached hydrogens (primary N) is 1. The number of halogens is 2. The number of hydrogen-bond acceptors (Lipinski definition) is 2. The summed E-state index contributed by atoms with van der Waals surface area (Å²) in [5.41, 5.74) is 7.32. The second-order valence-corrected chi connectivity index (χ2v) is 4.78. The van der Waals surface area contributed by atoms with E-state index in [-0.39, 0.29) is 5.82 Å². The zero-order valence-corrected chi connectivity index (χ0v) is 10.9. The predicted octanol–water partition coefficient (Wildman–Crippen LogP) is 2.57. The van der Waals surface area contributed by atoms with E-state index in [1.807, 2.05) is 6.07 Å². The van der Waals surface area contributed by atoms with E-state index in [0.29, 0.717) is 17.9 Å². The van der Waals surface area contributed by atoms with E-state index in [0.717, 1.165) is 9.13 Å². The maximum absolute atomic E-state index is 13.3. The Hall–Kier alpha value is -1.11. The summed E-state index contributed by atoms with van der Waals surface area (Å²) in [6, 6.07) is 5.16. The first-order valence-corrected chi connectivity index (χ1v) is 5.87. The van der Waals surface area contributed by atoms with Crippen molar-refractivity contribution in [2.24, 2.45) is 0 Å². The first kappa shape index (κ1) is 11.4. The summed E-state index contributed by atoms with van der Waals surface area (Å²) in [5.74, 6) is 0.416. The van der Waals surface area contributed by atoms with Gasteiger partial charge < -0.3 is 5.73 Å². The summed E-state index contributed by atoms with van der Waals surface area (Å²) >= 11 is 2.12. The van der Waals surface area contributed by atoms with Crippen LogP contribution in [0.3, 0.4) is 0 Å². The van der Waals surface area contributed by atoms with Gasteiger partial charge in [-0.3, -0.25) is 0 Å². The number of hydrogen-bond donors (Lipinski definition) is 1. The van der Waals surface area contributed by atoms with Crippen LogP contribution in [0.2, 0.25) is 0 Å². The van der Waals surface area contributed by atoms with Crippen LogP contribution in [0.4, 0.5) is 10.2 Å². The molecule has 0 bridgehead atoms. The molecule has 0 aliphatic heterocycles. The van der Waals surface area contributed by atoms with Crippen LogP contribution in [0.15, 0.2) is 24.4 Å². The molecule has 0 amide bonds. The monoisotopic (exact) mass is 331 g/mol. The fraction of sp³-hybridized carbons (Fsp3) is 0.182. The van der Waals surface area contributed by atoms with Crippen LogP contribution in [0.5, 0.6) is 0 Å². The summed E-state index contributed by atoms with van der Waals surface area (Å²) in [5, 5.41) is 4.12. The fourth-order valence-corrected chi connectivity index (χ4v) is 1.81. The smallest absolute Gasteiger partial charge is 0.135 e. The molecule has 0 radical (unpaired) electrons. The molecular formula is C11H11FIN3. The van der Waals surface area contributed by atoms with E-state index in [9.17, 15) is 4.39 Å². The Bertz CT molecular complexity index is 522. The molecule has 1 aromatic heterocycles. The molecule has 0 saturated heterocycles. The summed E-state index contributed by atoms with van der Waals surface area (Å²) in [6.45, 7) is 2.23. The molecular weight excluding hydrogens is 320 g/mol. The van der Waals surface area contributed by atoms with Gasteiger partial charge in [0.05, 0.1) is 16.3 Å². The summed E-state index contributed by atoms with van der Waals surface area (Å²) in [6.07, 6.45) is 1.69. The lowest BCUT2D eigenvalue weighted by Gasteiger charge is -2.05. The van der Waals surface area contributed by atoms with Crippen LogP contribution in [0.25, 0.3) is 0 Å². The Morgan fingerprint density at radius 2 is 2.25 bits per heavy atom. The number of rotatable bonds is 2. The lowest BCUT2D eigenvalue weighted by Crippen LogP contribution is -2.06. The average molecular weight is 331 g/mol. The predicted molar refractivity (Wildman–Crippen MR) is 69.6 cm³/mol. The summed E-state index contributed by atoms with van der Waals surface area (Å²) < 4.78 is 15.9. The van der Waals surface area contributed by atoms with Gasteiger partial charge in [-0.05, 0) is 46.7 Å². The Morgan fingerprint density at radius 3 is 2.81 bits per heavy atom. The molecule has 1 aromatic carbocycles. The quantitative estimate of drug-likeness (QED) is 0.860. The lowest BCUT2D eigenvalue weighted by molar-refractivity contribution is 0.611. The van der Waals surface area contributed by atoms with Crippen molar-refractivity contribution >= 4 is 28.4 Å². The van der Waals surface area contributed by atoms with E-state index in [4.69, 9.17) is 5.73 Å². The largest absolute Gasteiger partial charge is 0.383 e. The van der Waals surface area contributed by atoms with Crippen LogP contribution < -0.4 is 5.73 Å². The number of anilines is 1. The van der Waals surface area contributed by atoms with Gasteiger partial charge in [0, 0.05) is 0 Å². The van der Waals surface area contributed by atoms with Gasteiger partial charge in [-0.25, -0.2) is 9.07 Å². The van der Waals surface area contributed by atoms with Gasteiger partial charge in [-0.2, -0.15) is 5.10 Å². The second kappa shape index (κ2) is 4.40. The van der Waals surface area contributed by atoms with Crippen molar-refractivity contribution < 1.29 is 4.39 Å². The van der Waals surface area contributed by atoms with Gasteiger partial charge in [-0.1, -0.05) is 12.1 Å². The zero-order valence-electron chi connectivity index (χ0n) is 8.74. The second-order valence-electron chi connectivity index (χ2n) is 3.62. The van der Waals surface area contributed by atoms with Crippen molar-refractivity contribution in [2.75, 3.05) is 5.73 Å². The van der Waals surface area contributed by atoms with Crippen molar-refractivity contribution in [1.82, 2.24) is 9.78 Å². The van der Waals surface area contributed by atoms with Crippen LogP contribution in [0.1, 0.15) is 11.1 Å². The highest BCUT2D eigenvalue weighted by molar-refractivity contribution is 14.1. The van der Waals surface area contributed by atoms with Gasteiger partial charge in [0.1, 0.15) is 11.6 Å². The Kier molecular flexibility index (Phi) is 3.13. The molecule has 0 saturated carbocycles. The highest BCUT2D eigenvalue weighted by Crippen LogP contribution is 2.16. The number of nitrogens with zero attached hydrogens (tertiary/aromatic N) is 2. The molecule has 3 nitrogen and oxygen atoms in total. The van der Waals surface area contributed by atoms with Crippen molar-refractivity contribution in [3.63, 3.8) is 0 Å². The molecule has 2 aromatic rings. The van der Waals surface area contributed by atoms with Gasteiger partial charge in [0.25, 0.3) is 0 Å². The third kappa shape index (κ3) is 2.18. The summed E-state index contributed by atoms with van der Waals surface area (Å²) in [7, 11) is 0. The molecule has 16 heavy (non-hydrogen) atoms. The van der Waals surface area contributed by atoms with E-state index in [2.05, 4.69) is 27.7 Å². The standard InChI is InChI=1S/C11H11FIN3/c1-7-2-3-8(4-9(7)12)6-16-11(14)10(13)5-15-16/h2-5H,6,14H2,1H3.